The van der Waals surface area contributed by atoms with Crippen molar-refractivity contribution in [3.8, 4) is 0 Å². The minimum Gasteiger partial charge on any atom is -0.379 e. The normalized spacial score (nSPS) is 15.8. The summed E-state index contributed by atoms with van der Waals surface area (Å²) in [5.74, 6) is -0.408. The molecule has 1 heterocycles. The lowest BCUT2D eigenvalue weighted by Crippen LogP contribution is -2.31. The van der Waals surface area contributed by atoms with Crippen molar-refractivity contribution in [1.29, 1.82) is 0 Å². The molecule has 0 bridgehead atoms. The fourth-order valence-electron chi connectivity index (χ4n) is 1.34. The first-order valence-corrected chi connectivity index (χ1v) is 5.26. The van der Waals surface area contributed by atoms with E-state index < -0.39 is 0 Å². The van der Waals surface area contributed by atoms with Crippen LogP contribution in [0.4, 0.5) is 0 Å². The zero-order chi connectivity index (χ0) is 11.3. The number of ether oxygens (including phenoxy) is 1. The predicted octanol–water partition coefficient (Wildman–Crippen LogP) is 1.12. The van der Waals surface area contributed by atoms with Crippen LogP contribution in [0.3, 0.4) is 0 Å². The summed E-state index contributed by atoms with van der Waals surface area (Å²) in [6.45, 7) is 5.14. The van der Waals surface area contributed by atoms with Gasteiger partial charge in [-0.1, -0.05) is 0 Å². The smallest absolute Gasteiger partial charge is 0.253 e. The number of hydrogen-bond donors (Lipinski definition) is 0. The number of hydrogen-bond acceptors (Lipinski definition) is 3. The third kappa shape index (κ3) is 3.83. The van der Waals surface area contributed by atoms with Crippen LogP contribution in [0.15, 0.2) is 12.2 Å². The van der Waals surface area contributed by atoms with E-state index in [-0.39, 0.29) is 17.9 Å². The number of imide groups is 1. The van der Waals surface area contributed by atoms with Gasteiger partial charge in [0.05, 0.1) is 6.10 Å². The lowest BCUT2D eigenvalue weighted by atomic mass is 10.3. The first kappa shape index (κ1) is 11.9. The van der Waals surface area contributed by atoms with Crippen LogP contribution < -0.4 is 0 Å². The molecule has 0 unspecified atom stereocenters. The van der Waals surface area contributed by atoms with Crippen LogP contribution >= 0.6 is 0 Å². The number of unbranched alkanes of at least 4 members (excludes halogenated alkanes) is 1. The Bertz CT molecular complexity index is 253. The van der Waals surface area contributed by atoms with Gasteiger partial charge in [0.2, 0.25) is 0 Å². The number of carbonyl (C=O) groups excluding carboxylic acids is 2. The average molecular weight is 211 g/mol. The van der Waals surface area contributed by atoms with Gasteiger partial charge in [-0.05, 0) is 26.7 Å². The van der Waals surface area contributed by atoms with Crippen molar-refractivity contribution < 1.29 is 14.3 Å². The zero-order valence-corrected chi connectivity index (χ0v) is 9.23. The summed E-state index contributed by atoms with van der Waals surface area (Å²) in [6.07, 6.45) is 4.53. The van der Waals surface area contributed by atoms with Gasteiger partial charge < -0.3 is 4.74 Å². The van der Waals surface area contributed by atoms with Crippen LogP contribution in [0.25, 0.3) is 0 Å². The van der Waals surface area contributed by atoms with Crippen molar-refractivity contribution in [1.82, 2.24) is 4.90 Å². The third-order valence-corrected chi connectivity index (χ3v) is 2.13. The maximum Gasteiger partial charge on any atom is 0.253 e. The Morgan fingerprint density at radius 2 is 1.80 bits per heavy atom. The molecular formula is C11H17NO3. The number of rotatable bonds is 6. The molecule has 0 aromatic carbocycles. The molecule has 84 valence electrons. The molecule has 0 aliphatic carbocycles. The molecule has 0 saturated carbocycles. The van der Waals surface area contributed by atoms with E-state index in [0.717, 1.165) is 12.8 Å². The second-order valence-corrected chi connectivity index (χ2v) is 3.79. The topological polar surface area (TPSA) is 46.6 Å². The molecule has 0 fully saturated rings. The SMILES string of the molecule is CC(C)OCCCCN1C(=O)C=CC1=O. The summed E-state index contributed by atoms with van der Waals surface area (Å²) in [7, 11) is 0. The van der Waals surface area contributed by atoms with Gasteiger partial charge in [0.15, 0.2) is 0 Å². The lowest BCUT2D eigenvalue weighted by molar-refractivity contribution is -0.136. The van der Waals surface area contributed by atoms with Crippen LogP contribution in [0.5, 0.6) is 0 Å². The quantitative estimate of drug-likeness (QED) is 0.488. The van der Waals surface area contributed by atoms with E-state index in [1.807, 2.05) is 13.8 Å². The average Bonchev–Trinajstić information content (AvgIpc) is 2.47. The van der Waals surface area contributed by atoms with Gasteiger partial charge in [-0.3, -0.25) is 14.5 Å². The molecule has 15 heavy (non-hydrogen) atoms. The Hall–Kier alpha value is -1.16. The molecule has 0 radical (unpaired) electrons. The highest BCUT2D eigenvalue weighted by Gasteiger charge is 2.21. The zero-order valence-electron chi connectivity index (χ0n) is 9.23. The van der Waals surface area contributed by atoms with Crippen molar-refractivity contribution in [2.75, 3.05) is 13.2 Å². The Kier molecular flexibility index (Phi) is 4.49. The molecule has 0 N–H and O–H groups in total. The molecule has 2 amide bonds. The third-order valence-electron chi connectivity index (χ3n) is 2.13. The van der Waals surface area contributed by atoms with E-state index in [1.165, 1.54) is 17.1 Å². The Morgan fingerprint density at radius 3 is 2.33 bits per heavy atom. The Labute approximate surface area is 89.9 Å². The molecular weight excluding hydrogens is 194 g/mol. The van der Waals surface area contributed by atoms with Gasteiger partial charge >= 0.3 is 0 Å². The van der Waals surface area contributed by atoms with E-state index in [1.54, 1.807) is 0 Å². The van der Waals surface area contributed by atoms with E-state index in [4.69, 9.17) is 4.74 Å². The van der Waals surface area contributed by atoms with Crippen LogP contribution in [0.2, 0.25) is 0 Å². The van der Waals surface area contributed by atoms with E-state index in [2.05, 4.69) is 0 Å². The number of nitrogens with zero attached hydrogens (tertiary/aromatic N) is 1. The van der Waals surface area contributed by atoms with Gasteiger partial charge in [-0.2, -0.15) is 0 Å². The van der Waals surface area contributed by atoms with E-state index in [0.29, 0.717) is 13.2 Å². The van der Waals surface area contributed by atoms with Crippen molar-refractivity contribution in [2.24, 2.45) is 0 Å². The lowest BCUT2D eigenvalue weighted by Gasteiger charge is -2.13. The molecule has 1 aliphatic heterocycles. The fraction of sp³-hybridized carbons (Fsp3) is 0.636. The molecule has 4 nitrogen and oxygen atoms in total. The standard InChI is InChI=1S/C11H17NO3/c1-9(2)15-8-4-3-7-12-10(13)5-6-11(12)14/h5-6,9H,3-4,7-8H2,1-2H3. The van der Waals surface area contributed by atoms with Crippen molar-refractivity contribution in [3.05, 3.63) is 12.2 Å². The Balaban J connectivity index is 2.10. The maximum atomic E-state index is 11.1. The van der Waals surface area contributed by atoms with Crippen LogP contribution in [0, 0.1) is 0 Å². The molecule has 1 aliphatic rings. The predicted molar refractivity (Wildman–Crippen MR) is 56.2 cm³/mol. The molecule has 1 rings (SSSR count). The summed E-state index contributed by atoms with van der Waals surface area (Å²) in [6, 6.07) is 0. The number of carbonyl (C=O) groups is 2. The maximum absolute atomic E-state index is 11.1. The summed E-state index contributed by atoms with van der Waals surface area (Å²) >= 11 is 0. The second kappa shape index (κ2) is 5.66. The fourth-order valence-corrected chi connectivity index (χ4v) is 1.34. The molecule has 0 aromatic rings. The first-order valence-electron chi connectivity index (χ1n) is 5.26. The van der Waals surface area contributed by atoms with Gasteiger partial charge in [-0.25, -0.2) is 0 Å². The van der Waals surface area contributed by atoms with Gasteiger partial charge in [0, 0.05) is 25.3 Å². The van der Waals surface area contributed by atoms with E-state index in [9.17, 15) is 9.59 Å². The molecule has 4 heteroatoms. The van der Waals surface area contributed by atoms with Crippen LogP contribution in [0.1, 0.15) is 26.7 Å². The van der Waals surface area contributed by atoms with Crippen molar-refractivity contribution in [2.45, 2.75) is 32.8 Å². The summed E-state index contributed by atoms with van der Waals surface area (Å²) in [5.41, 5.74) is 0. The van der Waals surface area contributed by atoms with Crippen LogP contribution in [-0.4, -0.2) is 36.0 Å². The number of amides is 2. The highest BCUT2D eigenvalue weighted by molar-refractivity contribution is 6.12. The van der Waals surface area contributed by atoms with Gasteiger partial charge in [-0.15, -0.1) is 0 Å². The van der Waals surface area contributed by atoms with Gasteiger partial charge in [0.25, 0.3) is 11.8 Å². The molecule has 0 aromatic heterocycles. The highest BCUT2D eigenvalue weighted by Crippen LogP contribution is 2.05. The first-order chi connectivity index (χ1) is 7.11. The summed E-state index contributed by atoms with van der Waals surface area (Å²) in [4.78, 5) is 23.5. The largest absolute Gasteiger partial charge is 0.379 e. The van der Waals surface area contributed by atoms with Crippen molar-refractivity contribution in [3.63, 3.8) is 0 Å². The monoisotopic (exact) mass is 211 g/mol. The summed E-state index contributed by atoms with van der Waals surface area (Å²) in [5, 5.41) is 0. The second-order valence-electron chi connectivity index (χ2n) is 3.79. The highest BCUT2D eigenvalue weighted by atomic mass is 16.5. The summed E-state index contributed by atoms with van der Waals surface area (Å²) < 4.78 is 5.36. The van der Waals surface area contributed by atoms with Crippen LogP contribution in [-0.2, 0) is 14.3 Å². The Morgan fingerprint density at radius 1 is 1.20 bits per heavy atom. The molecule has 0 atom stereocenters. The minimum absolute atomic E-state index is 0.204. The van der Waals surface area contributed by atoms with Crippen molar-refractivity contribution >= 4 is 11.8 Å². The minimum atomic E-state index is -0.204. The molecule has 0 saturated heterocycles. The van der Waals surface area contributed by atoms with E-state index >= 15 is 0 Å². The molecule has 0 spiro atoms. The van der Waals surface area contributed by atoms with Gasteiger partial charge in [0.1, 0.15) is 0 Å².